The van der Waals surface area contributed by atoms with Crippen molar-refractivity contribution < 1.29 is 14.3 Å². The maximum atomic E-state index is 11.9. The number of hydrogen-bond donors (Lipinski definition) is 0. The van der Waals surface area contributed by atoms with Crippen molar-refractivity contribution >= 4 is 5.91 Å². The van der Waals surface area contributed by atoms with Gasteiger partial charge in [0.15, 0.2) is 6.29 Å². The topological polar surface area (TPSA) is 38.8 Å². The number of carbonyl (C=O) groups excluding carboxylic acids is 1. The van der Waals surface area contributed by atoms with Crippen molar-refractivity contribution in [3.63, 3.8) is 0 Å². The van der Waals surface area contributed by atoms with Gasteiger partial charge in [-0.15, -0.1) is 0 Å². The third kappa shape index (κ3) is 4.48. The highest BCUT2D eigenvalue weighted by atomic mass is 16.7. The molecular formula is C13H23NO3. The zero-order valence-corrected chi connectivity index (χ0v) is 10.9. The highest BCUT2D eigenvalue weighted by Crippen LogP contribution is 2.14. The fourth-order valence-corrected chi connectivity index (χ4v) is 1.83. The van der Waals surface area contributed by atoms with E-state index in [9.17, 15) is 4.79 Å². The van der Waals surface area contributed by atoms with E-state index >= 15 is 0 Å². The second-order valence-electron chi connectivity index (χ2n) is 4.19. The van der Waals surface area contributed by atoms with Crippen molar-refractivity contribution in [1.29, 1.82) is 0 Å². The summed E-state index contributed by atoms with van der Waals surface area (Å²) in [5.41, 5.74) is 0.503. The predicted molar refractivity (Wildman–Crippen MR) is 66.6 cm³/mol. The van der Waals surface area contributed by atoms with E-state index in [1.165, 1.54) is 0 Å². The van der Waals surface area contributed by atoms with Crippen molar-refractivity contribution in [2.24, 2.45) is 0 Å². The minimum atomic E-state index is -0.162. The van der Waals surface area contributed by atoms with Crippen molar-refractivity contribution in [3.8, 4) is 0 Å². The van der Waals surface area contributed by atoms with Crippen LogP contribution in [0.4, 0.5) is 0 Å². The molecule has 1 saturated heterocycles. The number of amides is 1. The molecular weight excluding hydrogens is 218 g/mol. The Labute approximate surface area is 104 Å². The summed E-state index contributed by atoms with van der Waals surface area (Å²) in [6.45, 7) is 10.1. The molecule has 4 heteroatoms. The van der Waals surface area contributed by atoms with Gasteiger partial charge in [0, 0.05) is 25.3 Å². The molecule has 1 unspecified atom stereocenters. The van der Waals surface area contributed by atoms with Gasteiger partial charge in [-0.2, -0.15) is 0 Å². The van der Waals surface area contributed by atoms with E-state index in [0.717, 1.165) is 25.9 Å². The maximum Gasteiger partial charge on any atom is 0.251 e. The van der Waals surface area contributed by atoms with E-state index in [2.05, 4.69) is 6.58 Å². The van der Waals surface area contributed by atoms with E-state index in [0.29, 0.717) is 18.7 Å². The molecule has 0 radical (unpaired) electrons. The van der Waals surface area contributed by atoms with Crippen LogP contribution in [0.2, 0.25) is 0 Å². The summed E-state index contributed by atoms with van der Waals surface area (Å²) in [4.78, 5) is 13.6. The molecule has 1 amide bonds. The van der Waals surface area contributed by atoms with Crippen LogP contribution in [0.1, 0.15) is 33.1 Å². The number of rotatable bonds is 6. The number of ether oxygens (including phenoxy) is 2. The molecule has 0 spiro atoms. The molecule has 0 aromatic carbocycles. The van der Waals surface area contributed by atoms with Gasteiger partial charge in [0.1, 0.15) is 0 Å². The summed E-state index contributed by atoms with van der Waals surface area (Å²) in [5, 5.41) is 0. The third-order valence-electron chi connectivity index (χ3n) is 2.93. The fraction of sp³-hybridized carbons (Fsp3) is 0.769. The molecule has 0 aromatic rings. The van der Waals surface area contributed by atoms with Crippen molar-refractivity contribution in [2.75, 3.05) is 26.3 Å². The first-order valence-corrected chi connectivity index (χ1v) is 6.39. The Morgan fingerprint density at radius 1 is 1.41 bits per heavy atom. The maximum absolute atomic E-state index is 11.9. The lowest BCUT2D eigenvalue weighted by atomic mass is 10.2. The Hall–Kier alpha value is -0.870. The summed E-state index contributed by atoms with van der Waals surface area (Å²) >= 11 is 0. The van der Waals surface area contributed by atoms with Crippen LogP contribution in [0, 0.1) is 0 Å². The lowest BCUT2D eigenvalue weighted by molar-refractivity contribution is -0.158. The molecule has 0 bridgehead atoms. The molecule has 0 aliphatic carbocycles. The minimum absolute atomic E-state index is 0.0224. The van der Waals surface area contributed by atoms with Crippen LogP contribution in [-0.4, -0.2) is 43.4 Å². The van der Waals surface area contributed by atoms with E-state index in [-0.39, 0.29) is 18.8 Å². The Balaban J connectivity index is 2.30. The van der Waals surface area contributed by atoms with Crippen molar-refractivity contribution in [2.45, 2.75) is 39.4 Å². The average molecular weight is 241 g/mol. The van der Waals surface area contributed by atoms with Gasteiger partial charge in [-0.1, -0.05) is 6.58 Å². The Morgan fingerprint density at radius 3 is 2.65 bits per heavy atom. The molecule has 1 fully saturated rings. The zero-order valence-electron chi connectivity index (χ0n) is 10.9. The van der Waals surface area contributed by atoms with Gasteiger partial charge in [-0.3, -0.25) is 4.79 Å². The highest BCUT2D eigenvalue weighted by Gasteiger charge is 2.18. The van der Waals surface area contributed by atoms with Gasteiger partial charge < -0.3 is 14.4 Å². The average Bonchev–Trinajstić information content (AvgIpc) is 2.38. The van der Waals surface area contributed by atoms with Crippen molar-refractivity contribution in [3.05, 3.63) is 12.2 Å². The summed E-state index contributed by atoms with van der Waals surface area (Å²) in [6, 6.07) is 0. The number of nitrogens with zero attached hydrogens (tertiary/aromatic N) is 1. The molecule has 1 atom stereocenters. The van der Waals surface area contributed by atoms with E-state index < -0.39 is 0 Å². The van der Waals surface area contributed by atoms with Gasteiger partial charge in [0.25, 0.3) is 5.91 Å². The third-order valence-corrected chi connectivity index (χ3v) is 2.93. The molecule has 1 heterocycles. The van der Waals surface area contributed by atoms with Crippen LogP contribution in [0.3, 0.4) is 0 Å². The number of hydrogen-bond acceptors (Lipinski definition) is 3. The van der Waals surface area contributed by atoms with E-state index in [1.807, 2.05) is 13.8 Å². The minimum Gasteiger partial charge on any atom is -0.353 e. The first kappa shape index (κ1) is 14.2. The largest absolute Gasteiger partial charge is 0.353 e. The normalized spacial score (nSPS) is 20.0. The zero-order chi connectivity index (χ0) is 12.7. The van der Waals surface area contributed by atoms with Gasteiger partial charge >= 0.3 is 0 Å². The quantitative estimate of drug-likeness (QED) is 0.667. The Morgan fingerprint density at radius 2 is 2.12 bits per heavy atom. The summed E-state index contributed by atoms with van der Waals surface area (Å²) in [5.74, 6) is -0.0224. The molecule has 0 saturated carbocycles. The monoisotopic (exact) mass is 241 g/mol. The van der Waals surface area contributed by atoms with Crippen LogP contribution < -0.4 is 0 Å². The van der Waals surface area contributed by atoms with Crippen LogP contribution in [0.5, 0.6) is 0 Å². The van der Waals surface area contributed by atoms with Gasteiger partial charge in [-0.25, -0.2) is 0 Å². The van der Waals surface area contributed by atoms with E-state index in [1.54, 1.807) is 4.90 Å². The van der Waals surface area contributed by atoms with Crippen LogP contribution in [0.15, 0.2) is 12.2 Å². The smallest absolute Gasteiger partial charge is 0.251 e. The van der Waals surface area contributed by atoms with Gasteiger partial charge in [0.05, 0.1) is 6.61 Å². The Kier molecular flexibility index (Phi) is 6.22. The molecule has 4 nitrogen and oxygen atoms in total. The summed E-state index contributed by atoms with van der Waals surface area (Å²) in [7, 11) is 0. The Bertz CT molecular complexity index is 255. The van der Waals surface area contributed by atoms with E-state index in [4.69, 9.17) is 9.47 Å². The molecule has 1 rings (SSSR count). The summed E-state index contributed by atoms with van der Waals surface area (Å²) in [6.07, 6.45) is 2.97. The van der Waals surface area contributed by atoms with Gasteiger partial charge in [0.2, 0.25) is 0 Å². The standard InChI is InChI=1S/C13H23NO3/c1-4-14(5-2)13(15)11(3)10-17-12-8-6-7-9-16-12/h12H,3-10H2,1-2H3. The first-order chi connectivity index (χ1) is 8.19. The lowest BCUT2D eigenvalue weighted by Gasteiger charge is -2.24. The second-order valence-corrected chi connectivity index (χ2v) is 4.19. The molecule has 0 N–H and O–H groups in total. The molecule has 0 aromatic heterocycles. The number of likely N-dealkylation sites (N-methyl/N-ethyl adjacent to an activating group) is 1. The van der Waals surface area contributed by atoms with Crippen LogP contribution >= 0.6 is 0 Å². The molecule has 1 aliphatic heterocycles. The molecule has 17 heavy (non-hydrogen) atoms. The lowest BCUT2D eigenvalue weighted by Crippen LogP contribution is -2.33. The van der Waals surface area contributed by atoms with Crippen molar-refractivity contribution in [1.82, 2.24) is 4.90 Å². The SMILES string of the molecule is C=C(COC1CCCCO1)C(=O)N(CC)CC. The summed E-state index contributed by atoms with van der Waals surface area (Å²) < 4.78 is 11.0. The van der Waals surface area contributed by atoms with Gasteiger partial charge in [-0.05, 0) is 33.1 Å². The molecule has 98 valence electrons. The highest BCUT2D eigenvalue weighted by molar-refractivity contribution is 5.93. The second kappa shape index (κ2) is 7.45. The van der Waals surface area contributed by atoms with Crippen LogP contribution in [0.25, 0.3) is 0 Å². The molecule has 1 aliphatic rings. The number of carbonyl (C=O) groups is 1. The fourth-order valence-electron chi connectivity index (χ4n) is 1.83. The predicted octanol–water partition coefficient (Wildman–Crippen LogP) is 1.95. The first-order valence-electron chi connectivity index (χ1n) is 6.39. The van der Waals surface area contributed by atoms with Crippen LogP contribution in [-0.2, 0) is 14.3 Å².